The summed E-state index contributed by atoms with van der Waals surface area (Å²) in [6, 6.07) is 10.6. The van der Waals surface area contributed by atoms with Crippen LogP contribution in [0.2, 0.25) is 5.02 Å². The average molecular weight is 360 g/mol. The second-order valence-electron chi connectivity index (χ2n) is 5.56. The summed E-state index contributed by atoms with van der Waals surface area (Å²) in [6.45, 7) is 1.99. The van der Waals surface area contributed by atoms with Crippen molar-refractivity contribution in [3.8, 4) is 0 Å². The molecular formula is C18H18ClN3O3. The zero-order valence-corrected chi connectivity index (χ0v) is 14.7. The topological polar surface area (TPSA) is 65.3 Å². The number of hydrogen-bond acceptors (Lipinski definition) is 3. The van der Waals surface area contributed by atoms with Crippen molar-refractivity contribution >= 4 is 40.2 Å². The highest BCUT2D eigenvalue weighted by Crippen LogP contribution is 2.23. The molecule has 0 aliphatic carbocycles. The summed E-state index contributed by atoms with van der Waals surface area (Å²) < 4.78 is 8.65. The van der Waals surface area contributed by atoms with Crippen LogP contribution in [0.1, 0.15) is 17.4 Å². The monoisotopic (exact) mass is 359 g/mol. The van der Waals surface area contributed by atoms with Gasteiger partial charge in [0, 0.05) is 13.2 Å². The van der Waals surface area contributed by atoms with E-state index in [1.54, 1.807) is 41.8 Å². The van der Waals surface area contributed by atoms with Crippen molar-refractivity contribution in [3.05, 3.63) is 53.3 Å². The lowest BCUT2D eigenvalue weighted by atomic mass is 10.3. The number of fused-ring (bicyclic) bond motifs is 1. The van der Waals surface area contributed by atoms with Gasteiger partial charge in [0.25, 0.3) is 0 Å². The first-order valence-electron chi connectivity index (χ1n) is 7.87. The quantitative estimate of drug-likeness (QED) is 0.709. The molecule has 1 aromatic carbocycles. The summed E-state index contributed by atoms with van der Waals surface area (Å²) in [4.78, 5) is 24.7. The Morgan fingerprint density at radius 3 is 2.68 bits per heavy atom. The van der Waals surface area contributed by atoms with Gasteiger partial charge in [-0.25, -0.2) is 4.79 Å². The molecule has 0 radical (unpaired) electrons. The number of rotatable bonds is 5. The zero-order chi connectivity index (χ0) is 18.0. The van der Waals surface area contributed by atoms with Crippen LogP contribution in [-0.4, -0.2) is 27.6 Å². The first kappa shape index (κ1) is 17.1. The summed E-state index contributed by atoms with van der Waals surface area (Å²) in [5.41, 5.74) is 2.52. The van der Waals surface area contributed by atoms with Gasteiger partial charge in [0.15, 0.2) is 0 Å². The Hall–Kier alpha value is -2.73. The third-order valence-electron chi connectivity index (χ3n) is 3.89. The molecule has 2 heterocycles. The van der Waals surface area contributed by atoms with Crippen molar-refractivity contribution in [3.63, 3.8) is 0 Å². The van der Waals surface area contributed by atoms with Crippen molar-refractivity contribution in [1.82, 2.24) is 9.13 Å². The maximum atomic E-state index is 12.5. The fourth-order valence-electron chi connectivity index (χ4n) is 2.71. The lowest BCUT2D eigenvalue weighted by Crippen LogP contribution is -2.22. The second-order valence-corrected chi connectivity index (χ2v) is 5.97. The highest BCUT2D eigenvalue weighted by Gasteiger charge is 2.20. The molecule has 25 heavy (non-hydrogen) atoms. The molecule has 2 aromatic heterocycles. The Kier molecular flexibility index (Phi) is 4.81. The minimum absolute atomic E-state index is 0.0209. The molecule has 3 rings (SSSR count). The standard InChI is InChI=1S/C18H18ClN3O3/c1-3-25-18(24)16-10-15-14(8-9-21(15)2)22(16)11-17(23)20-13-7-5-4-6-12(13)19/h4-10H,3,11H2,1-2H3,(H,20,23). The van der Waals surface area contributed by atoms with E-state index in [0.717, 1.165) is 11.0 Å². The number of anilines is 1. The van der Waals surface area contributed by atoms with Gasteiger partial charge in [-0.2, -0.15) is 0 Å². The molecule has 0 aliphatic rings. The molecule has 6 nitrogen and oxygen atoms in total. The third kappa shape index (κ3) is 3.39. The number of halogens is 1. The van der Waals surface area contributed by atoms with Gasteiger partial charge < -0.3 is 19.2 Å². The first-order valence-corrected chi connectivity index (χ1v) is 8.25. The number of esters is 1. The molecular weight excluding hydrogens is 342 g/mol. The largest absolute Gasteiger partial charge is 0.461 e. The van der Waals surface area contributed by atoms with Gasteiger partial charge in [0.2, 0.25) is 5.91 Å². The van der Waals surface area contributed by atoms with E-state index in [9.17, 15) is 9.59 Å². The Bertz CT molecular complexity index is 942. The predicted octanol–water partition coefficient (Wildman–Crippen LogP) is 3.45. The molecule has 1 amide bonds. The van der Waals surface area contributed by atoms with Gasteiger partial charge in [-0.15, -0.1) is 0 Å². The first-order chi connectivity index (χ1) is 12.0. The molecule has 1 N–H and O–H groups in total. The van der Waals surface area contributed by atoms with Crippen molar-refractivity contribution < 1.29 is 14.3 Å². The minimum atomic E-state index is -0.454. The van der Waals surface area contributed by atoms with E-state index in [1.807, 2.05) is 23.9 Å². The number of benzene rings is 1. The second kappa shape index (κ2) is 7.03. The number of para-hydroxylation sites is 1. The van der Waals surface area contributed by atoms with Crippen LogP contribution in [0, 0.1) is 0 Å². The van der Waals surface area contributed by atoms with Crippen LogP contribution >= 0.6 is 11.6 Å². The van der Waals surface area contributed by atoms with Crippen molar-refractivity contribution in [2.24, 2.45) is 7.05 Å². The van der Waals surface area contributed by atoms with Gasteiger partial charge >= 0.3 is 5.97 Å². The molecule has 0 atom stereocenters. The zero-order valence-electron chi connectivity index (χ0n) is 14.0. The van der Waals surface area contributed by atoms with Crippen LogP contribution in [0.4, 0.5) is 5.69 Å². The lowest BCUT2D eigenvalue weighted by molar-refractivity contribution is -0.116. The highest BCUT2D eigenvalue weighted by atomic mass is 35.5. The summed E-state index contributed by atoms with van der Waals surface area (Å²) >= 11 is 6.07. The molecule has 0 aliphatic heterocycles. The number of carbonyl (C=O) groups excluding carboxylic acids is 2. The normalized spacial score (nSPS) is 10.8. The number of hydrogen-bond donors (Lipinski definition) is 1. The number of amides is 1. The number of nitrogens with one attached hydrogen (secondary N) is 1. The molecule has 0 bridgehead atoms. The van der Waals surface area contributed by atoms with Crippen LogP contribution in [0.3, 0.4) is 0 Å². The summed E-state index contributed by atoms with van der Waals surface area (Å²) in [5.74, 6) is -0.732. The van der Waals surface area contributed by atoms with Gasteiger partial charge in [-0.05, 0) is 31.2 Å². The number of aryl methyl sites for hydroxylation is 1. The molecule has 0 unspecified atom stereocenters. The smallest absolute Gasteiger partial charge is 0.355 e. The fourth-order valence-corrected chi connectivity index (χ4v) is 2.89. The van der Waals surface area contributed by atoms with E-state index < -0.39 is 5.97 Å². The van der Waals surface area contributed by atoms with Crippen LogP contribution < -0.4 is 5.32 Å². The maximum absolute atomic E-state index is 12.5. The van der Waals surface area contributed by atoms with Gasteiger partial charge in [0.1, 0.15) is 12.2 Å². The Morgan fingerprint density at radius 1 is 1.20 bits per heavy atom. The summed E-state index contributed by atoms with van der Waals surface area (Å²) in [6.07, 6.45) is 1.88. The summed E-state index contributed by atoms with van der Waals surface area (Å²) in [5, 5.41) is 3.22. The van der Waals surface area contributed by atoms with E-state index in [1.165, 1.54) is 0 Å². The molecule has 0 spiro atoms. The van der Waals surface area contributed by atoms with Crippen LogP contribution in [0.25, 0.3) is 11.0 Å². The van der Waals surface area contributed by atoms with Crippen LogP contribution in [0.5, 0.6) is 0 Å². The van der Waals surface area contributed by atoms with Gasteiger partial charge in [-0.3, -0.25) is 4.79 Å². The molecule has 3 aromatic rings. The van der Waals surface area contributed by atoms with Crippen LogP contribution in [0.15, 0.2) is 42.6 Å². The van der Waals surface area contributed by atoms with E-state index in [-0.39, 0.29) is 19.1 Å². The van der Waals surface area contributed by atoms with E-state index in [2.05, 4.69) is 5.32 Å². The van der Waals surface area contributed by atoms with Gasteiger partial charge in [0.05, 0.1) is 28.4 Å². The molecule has 0 fully saturated rings. The van der Waals surface area contributed by atoms with Crippen LogP contribution in [-0.2, 0) is 23.1 Å². The molecule has 0 saturated carbocycles. The number of carbonyl (C=O) groups is 2. The lowest BCUT2D eigenvalue weighted by Gasteiger charge is -2.11. The maximum Gasteiger partial charge on any atom is 0.355 e. The van der Waals surface area contributed by atoms with E-state index >= 15 is 0 Å². The fraction of sp³-hybridized carbons (Fsp3) is 0.222. The third-order valence-corrected chi connectivity index (χ3v) is 4.22. The molecule has 0 saturated heterocycles. The SMILES string of the molecule is CCOC(=O)c1cc2c(ccn2C)n1CC(=O)Nc1ccccc1Cl. The van der Waals surface area contributed by atoms with Crippen molar-refractivity contribution in [1.29, 1.82) is 0 Å². The van der Waals surface area contributed by atoms with Crippen molar-refractivity contribution in [2.75, 3.05) is 11.9 Å². The van der Waals surface area contributed by atoms with E-state index in [4.69, 9.17) is 16.3 Å². The average Bonchev–Trinajstić information content (AvgIpc) is 3.11. The Morgan fingerprint density at radius 2 is 1.96 bits per heavy atom. The Labute approximate surface area is 149 Å². The number of nitrogens with zero attached hydrogens (tertiary/aromatic N) is 2. The highest BCUT2D eigenvalue weighted by molar-refractivity contribution is 6.33. The van der Waals surface area contributed by atoms with Crippen molar-refractivity contribution in [2.45, 2.75) is 13.5 Å². The predicted molar refractivity (Wildman–Crippen MR) is 96.9 cm³/mol. The molecule has 130 valence electrons. The Balaban J connectivity index is 1.91. The van der Waals surface area contributed by atoms with E-state index in [0.29, 0.717) is 16.4 Å². The number of aromatic nitrogens is 2. The molecule has 7 heteroatoms. The minimum Gasteiger partial charge on any atom is -0.461 e. The summed E-state index contributed by atoms with van der Waals surface area (Å²) in [7, 11) is 1.88. The number of ether oxygens (including phenoxy) is 1. The van der Waals surface area contributed by atoms with Gasteiger partial charge in [-0.1, -0.05) is 23.7 Å².